The van der Waals surface area contributed by atoms with Gasteiger partial charge in [-0.15, -0.1) is 0 Å². The third-order valence-electron chi connectivity index (χ3n) is 2.39. The van der Waals surface area contributed by atoms with E-state index in [1.165, 1.54) is 6.20 Å². The van der Waals surface area contributed by atoms with Crippen LogP contribution in [0.2, 0.25) is 0 Å². The van der Waals surface area contributed by atoms with Crippen molar-refractivity contribution in [1.82, 2.24) is 4.98 Å². The minimum absolute atomic E-state index is 0.142. The zero-order valence-electron chi connectivity index (χ0n) is 8.67. The molecule has 16 heavy (non-hydrogen) atoms. The molecule has 0 spiro atoms. The highest BCUT2D eigenvalue weighted by Crippen LogP contribution is 2.30. The van der Waals surface area contributed by atoms with Crippen molar-refractivity contribution in [2.75, 3.05) is 5.73 Å². The molecule has 2 N–H and O–H groups in total. The third kappa shape index (κ3) is 1.74. The number of pyridine rings is 1. The molecule has 1 aromatic carbocycles. The predicted octanol–water partition coefficient (Wildman–Crippen LogP) is 2.92. The Morgan fingerprint density at radius 1 is 1.19 bits per heavy atom. The maximum atomic E-state index is 13.6. The molecule has 0 atom stereocenters. The number of nitrogens with two attached hydrogens (primary N) is 1. The molecule has 0 aliphatic heterocycles. The number of aryl methyl sites for hydroxylation is 1. The van der Waals surface area contributed by atoms with E-state index < -0.39 is 11.6 Å². The molecular weight excluding hydrogens is 210 g/mol. The molecule has 2 rings (SSSR count). The zero-order chi connectivity index (χ0) is 11.7. The van der Waals surface area contributed by atoms with Crippen LogP contribution in [0.3, 0.4) is 0 Å². The van der Waals surface area contributed by atoms with Crippen LogP contribution in [-0.2, 0) is 0 Å². The monoisotopic (exact) mass is 220 g/mol. The summed E-state index contributed by atoms with van der Waals surface area (Å²) in [6.45, 7) is 1.78. The minimum atomic E-state index is -0.510. The van der Waals surface area contributed by atoms with Gasteiger partial charge in [0.15, 0.2) is 0 Å². The molecule has 4 heteroatoms. The van der Waals surface area contributed by atoms with Crippen molar-refractivity contribution in [1.29, 1.82) is 0 Å². The molecule has 0 amide bonds. The molecule has 0 unspecified atom stereocenters. The maximum absolute atomic E-state index is 13.6. The Hall–Kier alpha value is -1.97. The molecular formula is C12H10F2N2. The highest BCUT2D eigenvalue weighted by molar-refractivity contribution is 5.77. The van der Waals surface area contributed by atoms with E-state index in [0.29, 0.717) is 5.56 Å². The molecule has 82 valence electrons. The average molecular weight is 220 g/mol. The second kappa shape index (κ2) is 3.89. The first-order valence-corrected chi connectivity index (χ1v) is 4.76. The standard InChI is InChI=1S/C12H10F2N2/c1-7-4-5-16-12(15)11(7)9-6-8(13)2-3-10(9)14/h2-6H,1H3,(H2,15,16). The second-order valence-electron chi connectivity index (χ2n) is 3.51. The summed E-state index contributed by atoms with van der Waals surface area (Å²) in [5, 5.41) is 0. The SMILES string of the molecule is Cc1ccnc(N)c1-c1cc(F)ccc1F. The Morgan fingerprint density at radius 3 is 2.62 bits per heavy atom. The number of rotatable bonds is 1. The van der Waals surface area contributed by atoms with Gasteiger partial charge in [-0.25, -0.2) is 13.8 Å². The maximum Gasteiger partial charge on any atom is 0.131 e. The Balaban J connectivity index is 2.72. The first-order chi connectivity index (χ1) is 7.59. The summed E-state index contributed by atoms with van der Waals surface area (Å²) < 4.78 is 26.6. The van der Waals surface area contributed by atoms with E-state index in [1.54, 1.807) is 13.0 Å². The number of halogens is 2. The van der Waals surface area contributed by atoms with E-state index >= 15 is 0 Å². The fraction of sp³-hybridized carbons (Fsp3) is 0.0833. The van der Waals surface area contributed by atoms with Crippen LogP contribution in [0.1, 0.15) is 5.56 Å². The van der Waals surface area contributed by atoms with Gasteiger partial charge >= 0.3 is 0 Å². The first kappa shape index (κ1) is 10.5. The molecule has 0 bridgehead atoms. The number of benzene rings is 1. The van der Waals surface area contributed by atoms with Crippen molar-refractivity contribution >= 4 is 5.82 Å². The lowest BCUT2D eigenvalue weighted by Gasteiger charge is -2.09. The number of hydrogen-bond donors (Lipinski definition) is 1. The number of anilines is 1. The quantitative estimate of drug-likeness (QED) is 0.802. The summed E-state index contributed by atoms with van der Waals surface area (Å²) in [6, 6.07) is 4.98. The van der Waals surface area contributed by atoms with E-state index in [1.807, 2.05) is 0 Å². The third-order valence-corrected chi connectivity index (χ3v) is 2.39. The summed E-state index contributed by atoms with van der Waals surface area (Å²) in [6.07, 6.45) is 1.53. The van der Waals surface area contributed by atoms with Crippen molar-refractivity contribution in [3.05, 3.63) is 47.7 Å². The van der Waals surface area contributed by atoms with Crippen LogP contribution < -0.4 is 5.73 Å². The van der Waals surface area contributed by atoms with Crippen LogP contribution in [0.15, 0.2) is 30.5 Å². The molecule has 0 fully saturated rings. The highest BCUT2D eigenvalue weighted by atomic mass is 19.1. The van der Waals surface area contributed by atoms with Crippen molar-refractivity contribution in [3.63, 3.8) is 0 Å². The van der Waals surface area contributed by atoms with Gasteiger partial charge in [0.1, 0.15) is 17.5 Å². The van der Waals surface area contributed by atoms with Crippen LogP contribution >= 0.6 is 0 Å². The molecule has 0 saturated heterocycles. The van der Waals surface area contributed by atoms with Crippen LogP contribution in [-0.4, -0.2) is 4.98 Å². The van der Waals surface area contributed by atoms with E-state index in [0.717, 1.165) is 23.8 Å². The molecule has 1 aromatic heterocycles. The lowest BCUT2D eigenvalue weighted by atomic mass is 10.0. The number of hydrogen-bond acceptors (Lipinski definition) is 2. The Bertz CT molecular complexity index is 518. The highest BCUT2D eigenvalue weighted by Gasteiger charge is 2.12. The van der Waals surface area contributed by atoms with Crippen LogP contribution in [0.25, 0.3) is 11.1 Å². The van der Waals surface area contributed by atoms with Gasteiger partial charge in [-0.05, 0) is 36.8 Å². The van der Waals surface area contributed by atoms with Gasteiger partial charge in [0, 0.05) is 17.3 Å². The lowest BCUT2D eigenvalue weighted by molar-refractivity contribution is 0.603. The summed E-state index contributed by atoms with van der Waals surface area (Å²) >= 11 is 0. The lowest BCUT2D eigenvalue weighted by Crippen LogP contribution is -1.98. The van der Waals surface area contributed by atoms with Crippen LogP contribution in [0.5, 0.6) is 0 Å². The second-order valence-corrected chi connectivity index (χ2v) is 3.51. The first-order valence-electron chi connectivity index (χ1n) is 4.76. The van der Waals surface area contributed by atoms with Crippen LogP contribution in [0, 0.1) is 18.6 Å². The van der Waals surface area contributed by atoms with Crippen LogP contribution in [0.4, 0.5) is 14.6 Å². The van der Waals surface area contributed by atoms with Crippen molar-refractivity contribution in [2.24, 2.45) is 0 Å². The smallest absolute Gasteiger partial charge is 0.131 e. The average Bonchev–Trinajstić information content (AvgIpc) is 2.23. The minimum Gasteiger partial charge on any atom is -0.383 e. The Labute approximate surface area is 91.7 Å². The molecule has 2 nitrogen and oxygen atoms in total. The predicted molar refractivity (Wildman–Crippen MR) is 58.7 cm³/mol. The molecule has 1 heterocycles. The zero-order valence-corrected chi connectivity index (χ0v) is 8.67. The number of aromatic nitrogens is 1. The molecule has 0 saturated carbocycles. The van der Waals surface area contributed by atoms with Gasteiger partial charge < -0.3 is 5.73 Å². The number of nitrogen functional groups attached to an aromatic ring is 1. The molecule has 0 radical (unpaired) electrons. The number of nitrogens with zero attached hydrogens (tertiary/aromatic N) is 1. The normalized spacial score (nSPS) is 10.4. The van der Waals surface area contributed by atoms with Crippen molar-refractivity contribution in [3.8, 4) is 11.1 Å². The van der Waals surface area contributed by atoms with Crippen molar-refractivity contribution in [2.45, 2.75) is 6.92 Å². The van der Waals surface area contributed by atoms with E-state index in [9.17, 15) is 8.78 Å². The largest absolute Gasteiger partial charge is 0.383 e. The van der Waals surface area contributed by atoms with Crippen molar-refractivity contribution < 1.29 is 8.78 Å². The van der Waals surface area contributed by atoms with Gasteiger partial charge in [-0.1, -0.05) is 0 Å². The summed E-state index contributed by atoms with van der Waals surface area (Å²) in [7, 11) is 0. The summed E-state index contributed by atoms with van der Waals surface area (Å²) in [4.78, 5) is 3.88. The van der Waals surface area contributed by atoms with Gasteiger partial charge in [0.25, 0.3) is 0 Å². The van der Waals surface area contributed by atoms with E-state index in [4.69, 9.17) is 5.73 Å². The fourth-order valence-corrected chi connectivity index (χ4v) is 1.62. The van der Waals surface area contributed by atoms with E-state index in [-0.39, 0.29) is 11.4 Å². The van der Waals surface area contributed by atoms with Gasteiger partial charge in [-0.3, -0.25) is 0 Å². The fourth-order valence-electron chi connectivity index (χ4n) is 1.62. The Morgan fingerprint density at radius 2 is 1.94 bits per heavy atom. The molecule has 2 aromatic rings. The van der Waals surface area contributed by atoms with Gasteiger partial charge in [0.2, 0.25) is 0 Å². The molecule has 0 aliphatic carbocycles. The Kier molecular flexibility index (Phi) is 2.56. The molecule has 0 aliphatic rings. The van der Waals surface area contributed by atoms with Gasteiger partial charge in [0.05, 0.1) is 0 Å². The van der Waals surface area contributed by atoms with Gasteiger partial charge in [-0.2, -0.15) is 0 Å². The summed E-state index contributed by atoms with van der Waals surface area (Å²) in [5.74, 6) is -0.812. The van der Waals surface area contributed by atoms with E-state index in [2.05, 4.69) is 4.98 Å². The summed E-state index contributed by atoms with van der Waals surface area (Å²) in [5.41, 5.74) is 7.02. The topological polar surface area (TPSA) is 38.9 Å².